The van der Waals surface area contributed by atoms with Crippen molar-refractivity contribution in [2.75, 3.05) is 36.9 Å². The van der Waals surface area contributed by atoms with Gasteiger partial charge in [0.1, 0.15) is 37.3 Å². The smallest absolute Gasteiger partial charge is 0.322 e. The molecule has 44 heavy (non-hydrogen) atoms. The average molecular weight is 690 g/mol. The second kappa shape index (κ2) is 25.1. The van der Waals surface area contributed by atoms with Crippen molar-refractivity contribution in [2.45, 2.75) is 49.9 Å². The number of nitrogens with one attached hydrogen (secondary N) is 4. The standard InChI is InChI=1S/C20H32N6O12S2.C2H7NS/c21-9(19(35)36)1-3-13(27)25-11(17(33)23-5-15(29)30)7-39-40-8-12(18(34)24-6-16(31)32)26-14(28)4-2-10(22)20(37)38;3-1-2-4/h9-12H,1-8,21-22H2,(H,23,33)(H,24,34)(H,25,27)(H,26,28)(H,29,30)(H,31,32)(H,35,36)(H,37,38);4H,1-3H2/t9-,10-,11-,12-;/m0./s1. The van der Waals surface area contributed by atoms with Crippen LogP contribution in [0.15, 0.2) is 0 Å². The zero-order valence-electron chi connectivity index (χ0n) is 23.4. The Morgan fingerprint density at radius 1 is 0.659 bits per heavy atom. The lowest BCUT2D eigenvalue weighted by molar-refractivity contribution is -0.140. The van der Waals surface area contributed by atoms with Crippen LogP contribution in [0.1, 0.15) is 25.7 Å². The van der Waals surface area contributed by atoms with Crippen LogP contribution in [-0.2, 0) is 38.4 Å². The van der Waals surface area contributed by atoms with E-state index in [4.69, 9.17) is 37.6 Å². The van der Waals surface area contributed by atoms with Crippen LogP contribution in [0.25, 0.3) is 0 Å². The summed E-state index contributed by atoms with van der Waals surface area (Å²) in [4.78, 5) is 92.3. The van der Waals surface area contributed by atoms with E-state index in [2.05, 4.69) is 33.9 Å². The maximum Gasteiger partial charge on any atom is 0.322 e. The van der Waals surface area contributed by atoms with Crippen LogP contribution in [0.3, 0.4) is 0 Å². The molecule has 22 heteroatoms. The van der Waals surface area contributed by atoms with Gasteiger partial charge >= 0.3 is 23.9 Å². The number of thiol groups is 1. The maximum atomic E-state index is 12.4. The van der Waals surface area contributed by atoms with E-state index >= 15 is 0 Å². The zero-order chi connectivity index (χ0) is 34.2. The lowest BCUT2D eigenvalue weighted by Crippen LogP contribution is -2.50. The van der Waals surface area contributed by atoms with Crippen molar-refractivity contribution < 1.29 is 58.8 Å². The van der Waals surface area contributed by atoms with Crippen molar-refractivity contribution in [3.8, 4) is 0 Å². The number of hydrogen-bond donors (Lipinski definition) is 12. The fourth-order valence-corrected chi connectivity index (χ4v) is 4.85. The Balaban J connectivity index is 0. The number of carboxylic acids is 4. The summed E-state index contributed by atoms with van der Waals surface area (Å²) in [6.07, 6.45) is -1.12. The number of carbonyl (C=O) groups is 8. The van der Waals surface area contributed by atoms with Crippen molar-refractivity contribution in [1.82, 2.24) is 21.3 Å². The number of aliphatic carboxylic acids is 4. The highest BCUT2D eigenvalue weighted by atomic mass is 33.1. The van der Waals surface area contributed by atoms with Gasteiger partial charge in [0.2, 0.25) is 23.6 Å². The van der Waals surface area contributed by atoms with Gasteiger partial charge in [-0.1, -0.05) is 21.6 Å². The predicted molar refractivity (Wildman–Crippen MR) is 163 cm³/mol. The van der Waals surface area contributed by atoms with Gasteiger partial charge in [0.25, 0.3) is 0 Å². The molecule has 0 aliphatic rings. The third-order valence-electron chi connectivity index (χ3n) is 4.81. The predicted octanol–water partition coefficient (Wildman–Crippen LogP) is -4.00. The van der Waals surface area contributed by atoms with Crippen LogP contribution in [0.2, 0.25) is 0 Å². The van der Waals surface area contributed by atoms with Gasteiger partial charge in [-0.2, -0.15) is 12.6 Å². The van der Waals surface area contributed by atoms with Gasteiger partial charge in [0.05, 0.1) is 0 Å². The molecule has 0 saturated heterocycles. The maximum absolute atomic E-state index is 12.4. The van der Waals surface area contributed by atoms with E-state index in [1.54, 1.807) is 0 Å². The lowest BCUT2D eigenvalue weighted by Gasteiger charge is -2.20. The molecule has 14 N–H and O–H groups in total. The van der Waals surface area contributed by atoms with Crippen molar-refractivity contribution >= 4 is 81.7 Å². The monoisotopic (exact) mass is 689 g/mol. The van der Waals surface area contributed by atoms with Gasteiger partial charge in [0.15, 0.2) is 0 Å². The Kier molecular flexibility index (Phi) is 24.4. The zero-order valence-corrected chi connectivity index (χ0v) is 26.0. The second-order valence-corrected chi connectivity index (χ2v) is 11.5. The third-order valence-corrected chi connectivity index (χ3v) is 7.49. The molecule has 252 valence electrons. The van der Waals surface area contributed by atoms with E-state index in [0.717, 1.165) is 27.3 Å². The summed E-state index contributed by atoms with van der Waals surface area (Å²) in [7, 11) is 1.89. The molecule has 0 saturated carbocycles. The molecular weight excluding hydrogens is 650 g/mol. The van der Waals surface area contributed by atoms with Gasteiger partial charge in [0, 0.05) is 36.6 Å². The number of rotatable bonds is 22. The summed E-state index contributed by atoms with van der Waals surface area (Å²) in [6.45, 7) is -0.796. The van der Waals surface area contributed by atoms with Crippen LogP contribution < -0.4 is 38.5 Å². The first-order valence-electron chi connectivity index (χ1n) is 12.6. The number of carboxylic acid groups (broad SMARTS) is 4. The molecule has 0 aromatic rings. The summed E-state index contributed by atoms with van der Waals surface area (Å²) in [5.74, 6) is -8.02. The number of nitrogens with two attached hydrogens (primary N) is 3. The lowest BCUT2D eigenvalue weighted by atomic mass is 10.1. The van der Waals surface area contributed by atoms with Gasteiger partial charge in [-0.05, 0) is 12.8 Å². The molecular formula is C22H39N7O12S3. The largest absolute Gasteiger partial charge is 0.480 e. The summed E-state index contributed by atoms with van der Waals surface area (Å²) < 4.78 is 0. The van der Waals surface area contributed by atoms with E-state index in [-0.39, 0.29) is 37.2 Å². The first-order valence-corrected chi connectivity index (χ1v) is 15.8. The minimum absolute atomic E-state index is 0.155. The van der Waals surface area contributed by atoms with Crippen molar-refractivity contribution in [3.05, 3.63) is 0 Å². The van der Waals surface area contributed by atoms with E-state index in [0.29, 0.717) is 6.54 Å². The van der Waals surface area contributed by atoms with Gasteiger partial charge in [-0.3, -0.25) is 38.4 Å². The molecule has 0 bridgehead atoms. The highest BCUT2D eigenvalue weighted by molar-refractivity contribution is 8.76. The Bertz CT molecular complexity index is 916. The molecule has 0 aromatic carbocycles. The van der Waals surface area contributed by atoms with Gasteiger partial charge < -0.3 is 58.9 Å². The molecule has 0 radical (unpaired) electrons. The Hall–Kier alpha value is -3.31. The average Bonchev–Trinajstić information content (AvgIpc) is 2.96. The van der Waals surface area contributed by atoms with Crippen LogP contribution in [0.5, 0.6) is 0 Å². The van der Waals surface area contributed by atoms with Crippen LogP contribution in [-0.4, -0.2) is 129 Å². The molecule has 0 unspecified atom stereocenters. The fourth-order valence-electron chi connectivity index (χ4n) is 2.52. The molecule has 0 spiro atoms. The molecule has 0 aliphatic carbocycles. The van der Waals surface area contributed by atoms with E-state index < -0.39 is 84.8 Å². The first-order chi connectivity index (χ1) is 20.5. The summed E-state index contributed by atoms with van der Waals surface area (Å²) in [5, 5.41) is 44.1. The molecule has 0 aliphatic heterocycles. The third kappa shape index (κ3) is 23.2. The molecule has 4 atom stereocenters. The second-order valence-electron chi connectivity index (χ2n) is 8.51. The van der Waals surface area contributed by atoms with Crippen molar-refractivity contribution in [2.24, 2.45) is 17.2 Å². The molecule has 0 aromatic heterocycles. The molecule has 0 heterocycles. The Morgan fingerprint density at radius 3 is 1.23 bits per heavy atom. The van der Waals surface area contributed by atoms with Gasteiger partial charge in [-0.15, -0.1) is 0 Å². The molecule has 19 nitrogen and oxygen atoms in total. The summed E-state index contributed by atoms with van der Waals surface area (Å²) in [6, 6.07) is -5.16. The highest BCUT2D eigenvalue weighted by Gasteiger charge is 2.25. The Morgan fingerprint density at radius 2 is 0.977 bits per heavy atom. The molecule has 0 rings (SSSR count). The number of carbonyl (C=O) groups excluding carboxylic acids is 4. The topological polar surface area (TPSA) is 344 Å². The highest BCUT2D eigenvalue weighted by Crippen LogP contribution is 2.23. The molecule has 4 amide bonds. The summed E-state index contributed by atoms with van der Waals surface area (Å²) >= 11 is 3.80. The van der Waals surface area contributed by atoms with E-state index in [1.807, 2.05) is 0 Å². The van der Waals surface area contributed by atoms with Crippen LogP contribution in [0, 0.1) is 0 Å². The molecule has 0 fully saturated rings. The Labute approximate surface area is 265 Å². The first kappa shape index (κ1) is 42.8. The number of amides is 4. The van der Waals surface area contributed by atoms with Crippen LogP contribution in [0.4, 0.5) is 0 Å². The van der Waals surface area contributed by atoms with Crippen molar-refractivity contribution in [1.29, 1.82) is 0 Å². The van der Waals surface area contributed by atoms with E-state index in [1.165, 1.54) is 0 Å². The minimum Gasteiger partial charge on any atom is -0.480 e. The van der Waals surface area contributed by atoms with E-state index in [9.17, 15) is 38.4 Å². The van der Waals surface area contributed by atoms with Gasteiger partial charge in [-0.25, -0.2) is 0 Å². The quantitative estimate of drug-likeness (QED) is 0.0293. The normalized spacial score (nSPS) is 13.0. The van der Waals surface area contributed by atoms with Crippen LogP contribution >= 0.6 is 34.2 Å². The minimum atomic E-state index is -1.34. The fraction of sp³-hybridized carbons (Fsp3) is 0.636. The number of hydrogen-bond acceptors (Lipinski definition) is 14. The summed E-state index contributed by atoms with van der Waals surface area (Å²) in [5.41, 5.74) is 15.6. The SMILES string of the molecule is NCCS.N[C@@H](CCC(=O)N[C@@H](CSSC[C@H](NC(=O)CC[C@H](N)C(=O)O)C(=O)NCC(=O)O)C(=O)NCC(=O)O)C(=O)O. The van der Waals surface area contributed by atoms with Crippen molar-refractivity contribution in [3.63, 3.8) is 0 Å².